The van der Waals surface area contributed by atoms with Gasteiger partial charge < -0.3 is 0 Å². The van der Waals surface area contributed by atoms with Gasteiger partial charge in [-0.1, -0.05) is 12.7 Å². The summed E-state index contributed by atoms with van der Waals surface area (Å²) in [5, 5.41) is 0. The molecule has 0 bridgehead atoms. The third-order valence-electron chi connectivity index (χ3n) is 0.888. The number of thiol groups is 1. The van der Waals surface area contributed by atoms with Crippen molar-refractivity contribution in [2.24, 2.45) is 0 Å². The van der Waals surface area contributed by atoms with Gasteiger partial charge in [0.25, 0.3) is 0 Å². The first-order valence-electron chi connectivity index (χ1n) is 2.19. The van der Waals surface area contributed by atoms with Gasteiger partial charge in [0.2, 0.25) is 0 Å². The summed E-state index contributed by atoms with van der Waals surface area (Å²) >= 11 is 4.01. The highest BCUT2D eigenvalue weighted by Gasteiger charge is 1.82. The predicted molar refractivity (Wildman–Crippen MR) is 37.6 cm³/mol. The summed E-state index contributed by atoms with van der Waals surface area (Å²) in [5.74, 6) is 0. The highest BCUT2D eigenvalue weighted by molar-refractivity contribution is 7.84. The molecule has 0 aliphatic heterocycles. The summed E-state index contributed by atoms with van der Waals surface area (Å²) in [6, 6.07) is 0. The molecule has 0 heterocycles. The Balaban J connectivity index is 3.82. The van der Waals surface area contributed by atoms with E-state index < -0.39 is 0 Å². The van der Waals surface area contributed by atoms with Gasteiger partial charge in [-0.15, -0.1) is 12.6 Å². The van der Waals surface area contributed by atoms with E-state index >= 15 is 0 Å². The van der Waals surface area contributed by atoms with Crippen LogP contribution in [-0.4, -0.2) is 0 Å². The quantitative estimate of drug-likeness (QED) is 0.393. The monoisotopic (exact) mass is 114 g/mol. The number of allylic oxidation sites excluding steroid dienone is 2. The Hall–Kier alpha value is -0.170. The van der Waals surface area contributed by atoms with Crippen molar-refractivity contribution in [1.82, 2.24) is 0 Å². The van der Waals surface area contributed by atoms with Crippen molar-refractivity contribution in [1.29, 1.82) is 0 Å². The first-order chi connectivity index (χ1) is 3.18. The molecular weight excluding hydrogens is 104 g/mol. The SMILES string of the molecule is C=C(S)/C(C)=C\C. The van der Waals surface area contributed by atoms with Crippen molar-refractivity contribution >= 4 is 12.6 Å². The van der Waals surface area contributed by atoms with Crippen LogP contribution < -0.4 is 0 Å². The Bertz CT molecular complexity index is 101. The van der Waals surface area contributed by atoms with Gasteiger partial charge in [0.15, 0.2) is 0 Å². The summed E-state index contributed by atoms with van der Waals surface area (Å²) in [6.07, 6.45) is 1.98. The second kappa shape index (κ2) is 2.92. The van der Waals surface area contributed by atoms with Gasteiger partial charge in [0, 0.05) is 0 Å². The van der Waals surface area contributed by atoms with Crippen molar-refractivity contribution in [3.05, 3.63) is 23.1 Å². The molecule has 0 amide bonds. The Morgan fingerprint density at radius 2 is 2.14 bits per heavy atom. The average molecular weight is 114 g/mol. The van der Waals surface area contributed by atoms with Crippen LogP contribution in [0.5, 0.6) is 0 Å². The first kappa shape index (κ1) is 6.83. The topological polar surface area (TPSA) is 0 Å². The van der Waals surface area contributed by atoms with Gasteiger partial charge in [-0.05, 0) is 24.3 Å². The summed E-state index contributed by atoms with van der Waals surface area (Å²) in [7, 11) is 0. The van der Waals surface area contributed by atoms with E-state index in [-0.39, 0.29) is 0 Å². The molecule has 0 aliphatic rings. The van der Waals surface area contributed by atoms with Gasteiger partial charge in [0.05, 0.1) is 0 Å². The maximum Gasteiger partial charge on any atom is -0.000603 e. The molecule has 7 heavy (non-hydrogen) atoms. The van der Waals surface area contributed by atoms with Gasteiger partial charge >= 0.3 is 0 Å². The minimum atomic E-state index is 0.850. The van der Waals surface area contributed by atoms with Gasteiger partial charge in [0.1, 0.15) is 0 Å². The third kappa shape index (κ3) is 2.52. The molecule has 0 rings (SSSR count). The van der Waals surface area contributed by atoms with Crippen LogP contribution in [0, 0.1) is 0 Å². The van der Waals surface area contributed by atoms with Crippen LogP contribution >= 0.6 is 12.6 Å². The van der Waals surface area contributed by atoms with Gasteiger partial charge in [-0.2, -0.15) is 0 Å². The lowest BCUT2D eigenvalue weighted by Crippen LogP contribution is -1.67. The second-order valence-corrected chi connectivity index (χ2v) is 1.96. The van der Waals surface area contributed by atoms with E-state index in [9.17, 15) is 0 Å². The molecular formula is C6H10S. The lowest BCUT2D eigenvalue weighted by Gasteiger charge is -1.91. The van der Waals surface area contributed by atoms with Crippen molar-refractivity contribution in [3.8, 4) is 0 Å². The predicted octanol–water partition coefficient (Wildman–Crippen LogP) is 2.40. The summed E-state index contributed by atoms with van der Waals surface area (Å²) in [5.41, 5.74) is 1.14. The lowest BCUT2D eigenvalue weighted by atomic mass is 10.3. The molecule has 0 spiro atoms. The molecule has 0 aromatic heterocycles. The van der Waals surface area contributed by atoms with E-state index in [0.717, 1.165) is 10.5 Å². The lowest BCUT2D eigenvalue weighted by molar-refractivity contribution is 1.47. The molecule has 0 unspecified atom stereocenters. The van der Waals surface area contributed by atoms with Crippen LogP contribution in [0.1, 0.15) is 13.8 Å². The Kier molecular flexibility index (Phi) is 2.84. The maximum atomic E-state index is 4.01. The van der Waals surface area contributed by atoms with E-state index in [1.807, 2.05) is 19.9 Å². The molecule has 0 aromatic carbocycles. The zero-order valence-corrected chi connectivity index (χ0v) is 5.63. The second-order valence-electron chi connectivity index (χ2n) is 1.42. The van der Waals surface area contributed by atoms with Crippen molar-refractivity contribution < 1.29 is 0 Å². The summed E-state index contributed by atoms with van der Waals surface area (Å²) in [6.45, 7) is 7.57. The molecule has 1 heteroatoms. The Morgan fingerprint density at radius 1 is 1.71 bits per heavy atom. The molecule has 0 nitrogen and oxygen atoms in total. The summed E-state index contributed by atoms with van der Waals surface area (Å²) in [4.78, 5) is 0.850. The number of hydrogen-bond acceptors (Lipinski definition) is 1. The fourth-order valence-electron chi connectivity index (χ4n) is 0.167. The van der Waals surface area contributed by atoms with Crippen LogP contribution in [0.25, 0.3) is 0 Å². The molecule has 0 aromatic rings. The van der Waals surface area contributed by atoms with Crippen molar-refractivity contribution in [2.75, 3.05) is 0 Å². The number of hydrogen-bond donors (Lipinski definition) is 1. The Labute approximate surface area is 50.3 Å². The largest absolute Gasteiger partial charge is 0.144 e. The fraction of sp³-hybridized carbons (Fsp3) is 0.333. The minimum absolute atomic E-state index is 0.850. The van der Waals surface area contributed by atoms with Crippen LogP contribution in [-0.2, 0) is 0 Å². The number of rotatable bonds is 1. The zero-order chi connectivity index (χ0) is 5.86. The van der Waals surface area contributed by atoms with Crippen molar-refractivity contribution in [3.63, 3.8) is 0 Å². The van der Waals surface area contributed by atoms with Crippen LogP contribution in [0.2, 0.25) is 0 Å². The zero-order valence-electron chi connectivity index (χ0n) is 4.73. The van der Waals surface area contributed by atoms with E-state index in [1.165, 1.54) is 0 Å². The molecule has 0 radical (unpaired) electrons. The highest BCUT2D eigenvalue weighted by Crippen LogP contribution is 2.08. The molecule has 0 N–H and O–H groups in total. The smallest absolute Gasteiger partial charge is 0.000603 e. The summed E-state index contributed by atoms with van der Waals surface area (Å²) < 4.78 is 0. The molecule has 0 aliphatic carbocycles. The minimum Gasteiger partial charge on any atom is -0.144 e. The molecule has 0 saturated heterocycles. The molecule has 40 valence electrons. The van der Waals surface area contributed by atoms with E-state index in [0.29, 0.717) is 0 Å². The average Bonchev–Trinajstić information content (AvgIpc) is 1.65. The standard InChI is InChI=1S/C6H10S/c1-4-5(2)6(3)7/h4,7H,3H2,1-2H3/b5-4-. The van der Waals surface area contributed by atoms with Crippen LogP contribution in [0.3, 0.4) is 0 Å². The normalized spacial score (nSPS) is 11.6. The highest BCUT2D eigenvalue weighted by atomic mass is 32.1. The van der Waals surface area contributed by atoms with Gasteiger partial charge in [-0.25, -0.2) is 0 Å². The molecule has 0 saturated carbocycles. The van der Waals surface area contributed by atoms with Crippen LogP contribution in [0.4, 0.5) is 0 Å². The maximum absolute atomic E-state index is 4.01. The Morgan fingerprint density at radius 3 is 2.14 bits per heavy atom. The fourth-order valence-corrected chi connectivity index (χ4v) is 0.296. The third-order valence-corrected chi connectivity index (χ3v) is 1.24. The van der Waals surface area contributed by atoms with E-state index in [2.05, 4.69) is 19.2 Å². The van der Waals surface area contributed by atoms with Crippen molar-refractivity contribution in [2.45, 2.75) is 13.8 Å². The molecule has 0 fully saturated rings. The molecule has 0 atom stereocenters. The van der Waals surface area contributed by atoms with Crippen LogP contribution in [0.15, 0.2) is 23.1 Å². The van der Waals surface area contributed by atoms with E-state index in [4.69, 9.17) is 0 Å². The first-order valence-corrected chi connectivity index (χ1v) is 2.64. The van der Waals surface area contributed by atoms with Gasteiger partial charge in [-0.3, -0.25) is 0 Å². The van der Waals surface area contributed by atoms with E-state index in [1.54, 1.807) is 0 Å².